The average molecular weight is 357 g/mol. The molecular formula is C19H23N3O4. The molecule has 7 nitrogen and oxygen atoms in total. The quantitative estimate of drug-likeness (QED) is 0.648. The number of aromatic nitrogens is 1. The van der Waals surface area contributed by atoms with Gasteiger partial charge >= 0.3 is 0 Å². The van der Waals surface area contributed by atoms with E-state index in [1.807, 2.05) is 30.3 Å². The first-order chi connectivity index (χ1) is 12.4. The molecule has 0 bridgehead atoms. The number of rotatable bonds is 7. The second-order valence-corrected chi connectivity index (χ2v) is 5.87. The summed E-state index contributed by atoms with van der Waals surface area (Å²) >= 11 is 0. The minimum Gasteiger partial charge on any atom is -0.491 e. The van der Waals surface area contributed by atoms with Crippen molar-refractivity contribution in [2.45, 2.75) is 18.6 Å². The first kappa shape index (κ1) is 19.3. The van der Waals surface area contributed by atoms with Crippen LogP contribution in [-0.4, -0.2) is 36.0 Å². The molecule has 0 aliphatic heterocycles. The molecule has 0 aliphatic carbocycles. The lowest BCUT2D eigenvalue weighted by atomic mass is 9.87. The van der Waals surface area contributed by atoms with Crippen molar-refractivity contribution in [3.8, 4) is 5.75 Å². The van der Waals surface area contributed by atoms with Gasteiger partial charge in [-0.25, -0.2) is 0 Å². The van der Waals surface area contributed by atoms with E-state index in [1.165, 1.54) is 37.2 Å². The van der Waals surface area contributed by atoms with Gasteiger partial charge in [0.2, 0.25) is 5.43 Å². The van der Waals surface area contributed by atoms with Crippen molar-refractivity contribution in [1.29, 1.82) is 0 Å². The Hall–Kier alpha value is -3.06. The van der Waals surface area contributed by atoms with E-state index in [1.54, 1.807) is 6.92 Å². The molecule has 26 heavy (non-hydrogen) atoms. The van der Waals surface area contributed by atoms with E-state index in [2.05, 4.69) is 17.3 Å². The van der Waals surface area contributed by atoms with Gasteiger partial charge in [0.25, 0.3) is 5.91 Å². The Morgan fingerprint density at radius 2 is 2.00 bits per heavy atom. The maximum absolute atomic E-state index is 12.4. The molecule has 0 aliphatic rings. The van der Waals surface area contributed by atoms with Gasteiger partial charge < -0.3 is 20.6 Å². The standard InChI is InChI=1S/C19H23N3O4/c1-5-15(24)19(2,13-9-7-6-8-10-13)21-22-12-11-14(23)17(26-4)16(22)18(25)20-3/h5-12,15,21,24H,1H2,2-4H3,(H,20,25). The molecule has 1 heterocycles. The summed E-state index contributed by atoms with van der Waals surface area (Å²) in [5.74, 6) is -0.599. The normalized spacial score (nSPS) is 14.0. The molecule has 1 aromatic carbocycles. The van der Waals surface area contributed by atoms with Gasteiger partial charge in [-0.15, -0.1) is 6.58 Å². The molecule has 2 rings (SSSR count). The highest BCUT2D eigenvalue weighted by Gasteiger charge is 2.35. The van der Waals surface area contributed by atoms with Crippen LogP contribution in [0.1, 0.15) is 23.0 Å². The number of aliphatic hydroxyl groups is 1. The van der Waals surface area contributed by atoms with Crippen molar-refractivity contribution < 1.29 is 14.6 Å². The Morgan fingerprint density at radius 3 is 2.54 bits per heavy atom. The maximum Gasteiger partial charge on any atom is 0.273 e. The number of amides is 1. The highest BCUT2D eigenvalue weighted by molar-refractivity contribution is 5.95. The van der Waals surface area contributed by atoms with Gasteiger partial charge in [-0.3, -0.25) is 14.3 Å². The number of nitrogens with one attached hydrogen (secondary N) is 2. The molecule has 0 saturated heterocycles. The maximum atomic E-state index is 12.4. The first-order valence-electron chi connectivity index (χ1n) is 8.05. The summed E-state index contributed by atoms with van der Waals surface area (Å²) < 4.78 is 6.50. The number of hydrogen-bond donors (Lipinski definition) is 3. The molecule has 0 spiro atoms. The summed E-state index contributed by atoms with van der Waals surface area (Å²) in [7, 11) is 2.78. The van der Waals surface area contributed by atoms with Gasteiger partial charge in [0.1, 0.15) is 11.6 Å². The first-order valence-corrected chi connectivity index (χ1v) is 8.05. The largest absolute Gasteiger partial charge is 0.491 e. The van der Waals surface area contributed by atoms with Crippen molar-refractivity contribution in [2.75, 3.05) is 19.6 Å². The number of ether oxygens (including phenoxy) is 1. The molecule has 1 amide bonds. The summed E-state index contributed by atoms with van der Waals surface area (Å²) in [5, 5.41) is 13.1. The van der Waals surface area contributed by atoms with Gasteiger partial charge in [-0.05, 0) is 12.5 Å². The van der Waals surface area contributed by atoms with E-state index in [0.29, 0.717) is 0 Å². The van der Waals surface area contributed by atoms with E-state index >= 15 is 0 Å². The monoisotopic (exact) mass is 357 g/mol. The van der Waals surface area contributed by atoms with Crippen LogP contribution in [0.5, 0.6) is 5.75 Å². The molecule has 1 aromatic heterocycles. The third-order valence-corrected chi connectivity index (χ3v) is 4.24. The SMILES string of the molecule is C=CC(O)C(C)(Nn1ccc(=O)c(OC)c1C(=O)NC)c1ccccc1. The molecule has 0 saturated carbocycles. The van der Waals surface area contributed by atoms with E-state index in [0.717, 1.165) is 5.56 Å². The van der Waals surface area contributed by atoms with Crippen LogP contribution < -0.4 is 20.9 Å². The second kappa shape index (κ2) is 7.88. The summed E-state index contributed by atoms with van der Waals surface area (Å²) in [6, 6.07) is 10.5. The number of hydrogen-bond acceptors (Lipinski definition) is 5. The van der Waals surface area contributed by atoms with E-state index in [4.69, 9.17) is 4.74 Å². The van der Waals surface area contributed by atoms with E-state index in [9.17, 15) is 14.7 Å². The minimum absolute atomic E-state index is 0.000850. The molecule has 0 fully saturated rings. The smallest absolute Gasteiger partial charge is 0.273 e. The lowest BCUT2D eigenvalue weighted by Gasteiger charge is -2.37. The van der Waals surface area contributed by atoms with Gasteiger partial charge in [-0.2, -0.15) is 0 Å². The van der Waals surface area contributed by atoms with Crippen molar-refractivity contribution in [1.82, 2.24) is 9.99 Å². The van der Waals surface area contributed by atoms with Crippen molar-refractivity contribution in [3.05, 3.63) is 76.7 Å². The molecular weight excluding hydrogens is 334 g/mol. The fourth-order valence-electron chi connectivity index (χ4n) is 2.71. The lowest BCUT2D eigenvalue weighted by Crippen LogP contribution is -2.48. The van der Waals surface area contributed by atoms with Gasteiger partial charge in [-0.1, -0.05) is 36.4 Å². The third kappa shape index (κ3) is 3.48. The minimum atomic E-state index is -1.02. The molecule has 3 N–H and O–H groups in total. The van der Waals surface area contributed by atoms with Crippen LogP contribution in [0.3, 0.4) is 0 Å². The summed E-state index contributed by atoms with van der Waals surface area (Å²) in [6.45, 7) is 5.43. The molecule has 7 heteroatoms. The van der Waals surface area contributed by atoms with E-state index in [-0.39, 0.29) is 11.4 Å². The Labute approximate surface area is 151 Å². The van der Waals surface area contributed by atoms with Crippen LogP contribution in [0.15, 0.2) is 60.0 Å². The summed E-state index contributed by atoms with van der Waals surface area (Å²) in [4.78, 5) is 24.4. The zero-order chi connectivity index (χ0) is 19.3. The van der Waals surface area contributed by atoms with Crippen LogP contribution in [0, 0.1) is 0 Å². The number of nitrogens with zero attached hydrogens (tertiary/aromatic N) is 1. The van der Waals surface area contributed by atoms with Crippen LogP contribution in [-0.2, 0) is 5.54 Å². The molecule has 2 aromatic rings. The predicted octanol–water partition coefficient (Wildman–Crippen LogP) is 1.22. The number of benzene rings is 1. The molecule has 2 atom stereocenters. The fraction of sp³-hybridized carbons (Fsp3) is 0.263. The van der Waals surface area contributed by atoms with E-state index < -0.39 is 23.0 Å². The van der Waals surface area contributed by atoms with Crippen LogP contribution in [0.25, 0.3) is 0 Å². The topological polar surface area (TPSA) is 92.6 Å². The van der Waals surface area contributed by atoms with Crippen LogP contribution in [0.2, 0.25) is 0 Å². The Balaban J connectivity index is 2.65. The number of methoxy groups -OCH3 is 1. The number of carbonyl (C=O) groups is 1. The van der Waals surface area contributed by atoms with Crippen molar-refractivity contribution in [2.24, 2.45) is 0 Å². The van der Waals surface area contributed by atoms with Crippen molar-refractivity contribution in [3.63, 3.8) is 0 Å². The lowest BCUT2D eigenvalue weighted by molar-refractivity contribution is 0.0945. The zero-order valence-electron chi connectivity index (χ0n) is 15.0. The van der Waals surface area contributed by atoms with Crippen LogP contribution in [0.4, 0.5) is 0 Å². The average Bonchev–Trinajstić information content (AvgIpc) is 2.68. The fourth-order valence-corrected chi connectivity index (χ4v) is 2.71. The summed E-state index contributed by atoms with van der Waals surface area (Å²) in [5.41, 5.74) is 2.45. The third-order valence-electron chi connectivity index (χ3n) is 4.24. The highest BCUT2D eigenvalue weighted by atomic mass is 16.5. The van der Waals surface area contributed by atoms with Crippen molar-refractivity contribution >= 4 is 5.91 Å². The Morgan fingerprint density at radius 1 is 1.35 bits per heavy atom. The summed E-state index contributed by atoms with van der Waals surface area (Å²) in [6.07, 6.45) is 1.85. The molecule has 0 radical (unpaired) electrons. The van der Waals surface area contributed by atoms with Gasteiger partial charge in [0.05, 0.1) is 7.11 Å². The van der Waals surface area contributed by atoms with Crippen LogP contribution >= 0.6 is 0 Å². The van der Waals surface area contributed by atoms with Gasteiger partial charge in [0, 0.05) is 19.3 Å². The number of carbonyl (C=O) groups excluding carboxylic acids is 1. The van der Waals surface area contributed by atoms with Gasteiger partial charge in [0.15, 0.2) is 11.4 Å². The second-order valence-electron chi connectivity index (χ2n) is 5.87. The highest BCUT2D eigenvalue weighted by Crippen LogP contribution is 2.27. The molecule has 2 unspecified atom stereocenters. The number of aliphatic hydroxyl groups excluding tert-OH is 1. The Bertz CT molecular complexity index is 848. The molecule has 138 valence electrons. The Kier molecular flexibility index (Phi) is 5.84. The number of pyridine rings is 1. The predicted molar refractivity (Wildman–Crippen MR) is 100 cm³/mol. The zero-order valence-corrected chi connectivity index (χ0v) is 15.0.